The van der Waals surface area contributed by atoms with E-state index in [4.69, 9.17) is 9.47 Å². The van der Waals surface area contributed by atoms with Crippen LogP contribution in [0.15, 0.2) is 48.5 Å². The number of hydrogen-bond donors (Lipinski definition) is 0. The van der Waals surface area contributed by atoms with Crippen molar-refractivity contribution in [2.24, 2.45) is 11.8 Å². The Morgan fingerprint density at radius 2 is 1.12 bits per heavy atom. The predicted octanol–water partition coefficient (Wildman–Crippen LogP) is 6.13. The van der Waals surface area contributed by atoms with Crippen molar-refractivity contribution in [2.45, 2.75) is 48.0 Å². The van der Waals surface area contributed by atoms with Crippen LogP contribution in [0.2, 0.25) is 0 Å². The van der Waals surface area contributed by atoms with Crippen LogP contribution in [-0.4, -0.2) is 30.5 Å². The second kappa shape index (κ2) is 11.2. The van der Waals surface area contributed by atoms with Gasteiger partial charge in [0.1, 0.15) is 28.1 Å². The zero-order valence-electron chi connectivity index (χ0n) is 19.3. The molecule has 176 valence electrons. The Morgan fingerprint density at radius 3 is 1.38 bits per heavy atom. The van der Waals surface area contributed by atoms with Crippen LogP contribution in [-0.2, 0) is 4.79 Å². The van der Waals surface area contributed by atoms with Crippen LogP contribution in [0.3, 0.4) is 0 Å². The molecule has 4 unspecified atom stereocenters. The van der Waals surface area contributed by atoms with Crippen molar-refractivity contribution in [3.63, 3.8) is 0 Å². The summed E-state index contributed by atoms with van der Waals surface area (Å²) in [5, 5.41) is 23.5. The molecule has 0 radical (unpaired) electrons. The highest BCUT2D eigenvalue weighted by atomic mass is 32.2. The zero-order chi connectivity index (χ0) is 24.1. The number of ether oxygens (including phenoxy) is 2. The van der Waals surface area contributed by atoms with E-state index in [-0.39, 0.29) is 16.3 Å². The van der Waals surface area contributed by atoms with Gasteiger partial charge >= 0.3 is 0 Å². The summed E-state index contributed by atoms with van der Waals surface area (Å²) in [6.07, 6.45) is 4.13. The van der Waals surface area contributed by atoms with Gasteiger partial charge in [0, 0.05) is 10.5 Å². The van der Waals surface area contributed by atoms with Crippen LogP contribution in [0.4, 0.5) is 0 Å². The molecular weight excluding hydrogens is 464 g/mol. The van der Waals surface area contributed by atoms with Crippen molar-refractivity contribution in [2.75, 3.05) is 14.2 Å². The molecule has 0 amide bonds. The molecule has 4 rings (SSSR count). The molecule has 2 fully saturated rings. The lowest BCUT2D eigenvalue weighted by atomic mass is 9.78. The Labute approximate surface area is 209 Å². The summed E-state index contributed by atoms with van der Waals surface area (Å²) < 4.78 is 10.7. The number of nitrogens with zero attached hydrogens (tertiary/aromatic N) is 2. The molecule has 0 bridgehead atoms. The summed E-state index contributed by atoms with van der Waals surface area (Å²) in [5.74, 6) is 1.38. The van der Waals surface area contributed by atoms with E-state index in [1.54, 1.807) is 14.2 Å². The number of nitriles is 2. The number of thioether (sulfide) groups is 2. The van der Waals surface area contributed by atoms with Crippen LogP contribution >= 0.6 is 23.5 Å². The largest absolute Gasteiger partial charge is 0.497 e. The quantitative estimate of drug-likeness (QED) is 0.330. The average Bonchev–Trinajstić information content (AvgIpc) is 3.78. The van der Waals surface area contributed by atoms with Gasteiger partial charge in [-0.25, -0.2) is 0 Å². The lowest BCUT2D eigenvalue weighted by Crippen LogP contribution is -2.35. The molecule has 5 nitrogen and oxygen atoms in total. The molecule has 0 heterocycles. The molecule has 2 aromatic carbocycles. The predicted molar refractivity (Wildman–Crippen MR) is 136 cm³/mol. The number of benzene rings is 2. The minimum atomic E-state index is -0.435. The van der Waals surface area contributed by atoms with E-state index in [1.165, 1.54) is 23.5 Å². The second-order valence-electron chi connectivity index (χ2n) is 8.93. The molecule has 0 aliphatic heterocycles. The molecule has 0 saturated heterocycles. The highest BCUT2D eigenvalue weighted by Gasteiger charge is 2.48. The number of carbonyl (C=O) groups is 1. The number of carbonyl (C=O) groups excluding carboxylic acids is 1. The number of hydrogen-bond acceptors (Lipinski definition) is 7. The highest BCUT2D eigenvalue weighted by Crippen LogP contribution is 2.51. The Balaban J connectivity index is 1.79. The van der Waals surface area contributed by atoms with Gasteiger partial charge in [-0.3, -0.25) is 4.79 Å². The SMILES string of the molecule is COc1ccc(C(C(=O)C(c2ccc(OC)cc2)C(SC#N)C2CC2)C(SC#N)C2CC2)cc1. The molecule has 2 aliphatic rings. The molecule has 0 spiro atoms. The summed E-state index contributed by atoms with van der Waals surface area (Å²) in [6.45, 7) is 0. The summed E-state index contributed by atoms with van der Waals surface area (Å²) in [4.78, 5) is 14.5. The Hall–Kier alpha value is -2.61. The molecule has 0 N–H and O–H groups in total. The molecule has 2 aromatic rings. The van der Waals surface area contributed by atoms with Gasteiger partial charge in [0.05, 0.1) is 26.1 Å². The van der Waals surface area contributed by atoms with Crippen LogP contribution in [0.5, 0.6) is 11.5 Å². The normalized spacial score (nSPS) is 18.6. The first kappa shape index (κ1) is 24.5. The minimum absolute atomic E-state index is 0.0923. The van der Waals surface area contributed by atoms with Crippen molar-refractivity contribution in [1.82, 2.24) is 0 Å². The fraction of sp³-hybridized carbons (Fsp3) is 0.444. The van der Waals surface area contributed by atoms with Crippen molar-refractivity contribution in [3.05, 3.63) is 59.7 Å². The van der Waals surface area contributed by atoms with Gasteiger partial charge in [-0.15, -0.1) is 0 Å². The standard InChI is InChI=1S/C27H28N2O3S2/c1-31-21-11-7-17(8-12-21)23(26(33-15-28)19-3-4-19)25(30)24(27(34-16-29)20-5-6-20)18-9-13-22(32-2)14-10-18/h7-14,19-20,23-24,26-27H,3-6H2,1-2H3. The number of thiocyanates is 2. The third-order valence-electron chi connectivity index (χ3n) is 6.77. The number of ketones is 1. The first-order valence-electron chi connectivity index (χ1n) is 11.5. The first-order chi connectivity index (χ1) is 16.6. The number of rotatable bonds is 12. The smallest absolute Gasteiger partial charge is 0.150 e. The van der Waals surface area contributed by atoms with Gasteiger partial charge in [0.25, 0.3) is 0 Å². The third kappa shape index (κ3) is 5.54. The molecule has 4 atom stereocenters. The van der Waals surface area contributed by atoms with Gasteiger partial charge < -0.3 is 9.47 Å². The summed E-state index contributed by atoms with van der Waals surface area (Å²) in [5.41, 5.74) is 1.81. The molecule has 2 saturated carbocycles. The Morgan fingerprint density at radius 1 is 0.765 bits per heavy atom. The fourth-order valence-electron chi connectivity index (χ4n) is 4.69. The molecular formula is C27H28N2O3S2. The van der Waals surface area contributed by atoms with E-state index in [2.05, 4.69) is 10.8 Å². The van der Waals surface area contributed by atoms with Crippen LogP contribution in [0.25, 0.3) is 0 Å². The maximum Gasteiger partial charge on any atom is 0.150 e. The fourth-order valence-corrected chi connectivity index (χ4v) is 6.72. The van der Waals surface area contributed by atoms with Crippen molar-refractivity contribution in [1.29, 1.82) is 10.5 Å². The average molecular weight is 493 g/mol. The van der Waals surface area contributed by atoms with Gasteiger partial charge in [0.2, 0.25) is 0 Å². The van der Waals surface area contributed by atoms with Gasteiger partial charge in [-0.05, 0) is 96.4 Å². The summed E-state index contributed by atoms with van der Waals surface area (Å²) in [6, 6.07) is 15.3. The maximum atomic E-state index is 14.5. The van der Waals surface area contributed by atoms with Crippen molar-refractivity contribution in [3.8, 4) is 22.3 Å². The molecule has 7 heteroatoms. The molecule has 34 heavy (non-hydrogen) atoms. The minimum Gasteiger partial charge on any atom is -0.497 e. The van der Waals surface area contributed by atoms with E-state index >= 15 is 0 Å². The maximum absolute atomic E-state index is 14.5. The van der Waals surface area contributed by atoms with E-state index in [0.29, 0.717) is 11.8 Å². The first-order valence-corrected chi connectivity index (χ1v) is 13.3. The topological polar surface area (TPSA) is 83.1 Å². The lowest BCUT2D eigenvalue weighted by Gasteiger charge is -2.31. The van der Waals surface area contributed by atoms with E-state index in [9.17, 15) is 15.3 Å². The summed E-state index contributed by atoms with van der Waals surface area (Å²) >= 11 is 2.44. The van der Waals surface area contributed by atoms with Crippen molar-refractivity contribution >= 4 is 29.3 Å². The molecule has 0 aromatic heterocycles. The van der Waals surface area contributed by atoms with Crippen LogP contribution < -0.4 is 9.47 Å². The lowest BCUT2D eigenvalue weighted by molar-refractivity contribution is -0.122. The zero-order valence-corrected chi connectivity index (χ0v) is 21.0. The van der Waals surface area contributed by atoms with E-state index in [0.717, 1.165) is 48.3 Å². The highest BCUT2D eigenvalue weighted by molar-refractivity contribution is 8.04. The van der Waals surface area contributed by atoms with Crippen LogP contribution in [0, 0.1) is 33.2 Å². The Bertz CT molecular complexity index is 982. The van der Waals surface area contributed by atoms with Gasteiger partial charge in [0.15, 0.2) is 0 Å². The Kier molecular flexibility index (Phi) is 8.08. The second-order valence-corrected chi connectivity index (χ2v) is 10.9. The number of methoxy groups -OCH3 is 2. The van der Waals surface area contributed by atoms with Crippen molar-refractivity contribution < 1.29 is 14.3 Å². The molecule has 2 aliphatic carbocycles. The van der Waals surface area contributed by atoms with E-state index in [1.807, 2.05) is 48.5 Å². The van der Waals surface area contributed by atoms with Crippen LogP contribution in [0.1, 0.15) is 48.6 Å². The third-order valence-corrected chi connectivity index (χ3v) is 8.84. The monoisotopic (exact) mass is 492 g/mol. The van der Waals surface area contributed by atoms with E-state index < -0.39 is 11.8 Å². The number of Topliss-reactive ketones (excluding diaryl/α,β-unsaturated/α-hetero) is 1. The van der Waals surface area contributed by atoms with Gasteiger partial charge in [-0.1, -0.05) is 24.3 Å². The summed E-state index contributed by atoms with van der Waals surface area (Å²) in [7, 11) is 3.24. The van der Waals surface area contributed by atoms with Gasteiger partial charge in [-0.2, -0.15) is 10.5 Å².